The first-order valence-corrected chi connectivity index (χ1v) is 12.9. The lowest BCUT2D eigenvalue weighted by molar-refractivity contribution is 0.0945. The minimum Gasteiger partial charge on any atom is -0.352 e. The van der Waals surface area contributed by atoms with Gasteiger partial charge in [-0.2, -0.15) is 4.31 Å². The third kappa shape index (κ3) is 5.15. The molecule has 0 bridgehead atoms. The van der Waals surface area contributed by atoms with Gasteiger partial charge in [-0.1, -0.05) is 12.1 Å². The van der Waals surface area contributed by atoms with Gasteiger partial charge in [0.2, 0.25) is 10.0 Å². The number of piperazine rings is 1. The first kappa shape index (κ1) is 23.3. The average Bonchev–Trinajstić information content (AvgIpc) is 3.74. The molecule has 1 saturated carbocycles. The average molecular weight is 497 g/mol. The summed E-state index contributed by atoms with van der Waals surface area (Å²) in [4.78, 5) is 19.0. The summed E-state index contributed by atoms with van der Waals surface area (Å²) in [5, 5.41) is 10.9. The molecule has 2 fully saturated rings. The zero-order valence-corrected chi connectivity index (χ0v) is 19.8. The van der Waals surface area contributed by atoms with E-state index in [9.17, 15) is 17.6 Å². The van der Waals surface area contributed by atoms with Crippen molar-refractivity contribution in [3.05, 3.63) is 77.5 Å². The van der Waals surface area contributed by atoms with Crippen LogP contribution in [0.2, 0.25) is 0 Å². The normalized spacial score (nSPS) is 16.8. The van der Waals surface area contributed by atoms with Crippen LogP contribution in [-0.4, -0.2) is 60.0 Å². The van der Waals surface area contributed by atoms with E-state index < -0.39 is 10.0 Å². The van der Waals surface area contributed by atoms with E-state index in [4.69, 9.17) is 0 Å². The molecule has 5 rings (SSSR count). The van der Waals surface area contributed by atoms with Crippen LogP contribution < -0.4 is 10.2 Å². The standard InChI is InChI=1S/C24H25FN6O3S/c25-19-7-3-17(4-8-19)16-27-24(32)20-9-10-22(29-28-20)30-12-14-31(15-13-30)35(33,34)21-2-1-11-26-23(21)18-5-6-18/h1-4,7-11,18H,5-6,12-16H2,(H,27,32). The number of rotatable bonds is 7. The molecule has 2 aliphatic rings. The number of hydrogen-bond acceptors (Lipinski definition) is 7. The van der Waals surface area contributed by atoms with E-state index >= 15 is 0 Å². The number of carbonyl (C=O) groups is 1. The molecule has 0 unspecified atom stereocenters. The molecule has 1 aromatic carbocycles. The maximum absolute atomic E-state index is 13.3. The van der Waals surface area contributed by atoms with Crippen molar-refractivity contribution >= 4 is 21.7 Å². The summed E-state index contributed by atoms with van der Waals surface area (Å²) in [6, 6.07) is 12.5. The molecule has 1 N–H and O–H groups in total. The predicted molar refractivity (Wildman–Crippen MR) is 127 cm³/mol. The fourth-order valence-electron chi connectivity index (χ4n) is 4.07. The van der Waals surface area contributed by atoms with E-state index in [0.29, 0.717) is 42.6 Å². The second-order valence-electron chi connectivity index (χ2n) is 8.64. The number of carbonyl (C=O) groups excluding carboxylic acids is 1. The fraction of sp³-hybridized carbons (Fsp3) is 0.333. The molecule has 1 amide bonds. The number of amides is 1. The Bertz CT molecular complexity index is 1310. The highest BCUT2D eigenvalue weighted by atomic mass is 32.2. The first-order valence-electron chi connectivity index (χ1n) is 11.5. The second-order valence-corrected chi connectivity index (χ2v) is 10.5. The Morgan fingerprint density at radius 1 is 1.00 bits per heavy atom. The number of aromatic nitrogens is 3. The Kier molecular flexibility index (Phi) is 6.44. The van der Waals surface area contributed by atoms with E-state index in [1.165, 1.54) is 16.4 Å². The van der Waals surface area contributed by atoms with E-state index in [-0.39, 0.29) is 29.9 Å². The van der Waals surface area contributed by atoms with Gasteiger partial charge in [0.25, 0.3) is 5.91 Å². The minimum atomic E-state index is -3.62. The SMILES string of the molecule is O=C(NCc1ccc(F)cc1)c1ccc(N2CCN(S(=O)(=O)c3cccnc3C3CC3)CC2)nn1. The molecule has 0 radical (unpaired) electrons. The van der Waals surface area contributed by atoms with Gasteiger partial charge < -0.3 is 10.2 Å². The highest BCUT2D eigenvalue weighted by Gasteiger charge is 2.35. The van der Waals surface area contributed by atoms with Crippen LogP contribution >= 0.6 is 0 Å². The van der Waals surface area contributed by atoms with Gasteiger partial charge >= 0.3 is 0 Å². The number of nitrogens with one attached hydrogen (secondary N) is 1. The van der Waals surface area contributed by atoms with Crippen molar-refractivity contribution in [2.45, 2.75) is 30.2 Å². The summed E-state index contributed by atoms with van der Waals surface area (Å²) in [5.41, 5.74) is 1.61. The Hall–Kier alpha value is -3.44. The zero-order valence-electron chi connectivity index (χ0n) is 19.0. The summed E-state index contributed by atoms with van der Waals surface area (Å²) < 4.78 is 41.0. The lowest BCUT2D eigenvalue weighted by Crippen LogP contribution is -2.49. The molecular weight excluding hydrogens is 471 g/mol. The van der Waals surface area contributed by atoms with E-state index in [2.05, 4.69) is 20.5 Å². The van der Waals surface area contributed by atoms with Crippen molar-refractivity contribution in [3.63, 3.8) is 0 Å². The van der Waals surface area contributed by atoms with Crippen molar-refractivity contribution in [2.75, 3.05) is 31.1 Å². The summed E-state index contributed by atoms with van der Waals surface area (Å²) >= 11 is 0. The van der Waals surface area contributed by atoms with Crippen LogP contribution in [0.25, 0.3) is 0 Å². The van der Waals surface area contributed by atoms with Gasteiger partial charge in [-0.15, -0.1) is 10.2 Å². The summed E-state index contributed by atoms with van der Waals surface area (Å²) in [7, 11) is -3.62. The molecular formula is C24H25FN6O3S. The van der Waals surface area contributed by atoms with Crippen LogP contribution in [0, 0.1) is 5.82 Å². The number of halogens is 1. The number of sulfonamides is 1. The molecule has 1 saturated heterocycles. The molecule has 0 spiro atoms. The van der Waals surface area contributed by atoms with Gasteiger partial charge in [0.05, 0.1) is 5.69 Å². The van der Waals surface area contributed by atoms with Gasteiger partial charge in [0.1, 0.15) is 10.7 Å². The number of benzene rings is 1. The monoisotopic (exact) mass is 496 g/mol. The maximum atomic E-state index is 13.3. The third-order valence-corrected chi connectivity index (χ3v) is 8.14. The maximum Gasteiger partial charge on any atom is 0.272 e. The molecule has 182 valence electrons. The molecule has 0 atom stereocenters. The Labute approximate surface area is 203 Å². The van der Waals surface area contributed by atoms with Crippen molar-refractivity contribution in [3.8, 4) is 0 Å². The number of nitrogens with zero attached hydrogens (tertiary/aromatic N) is 5. The summed E-state index contributed by atoms with van der Waals surface area (Å²) in [5.74, 6) is 0.105. The topological polar surface area (TPSA) is 108 Å². The quantitative estimate of drug-likeness (QED) is 0.535. The highest BCUT2D eigenvalue weighted by Crippen LogP contribution is 2.42. The highest BCUT2D eigenvalue weighted by molar-refractivity contribution is 7.89. The molecule has 3 heterocycles. The van der Waals surface area contributed by atoms with Gasteiger partial charge in [-0.25, -0.2) is 12.8 Å². The Morgan fingerprint density at radius 2 is 1.74 bits per heavy atom. The number of anilines is 1. The molecule has 11 heteroatoms. The third-order valence-electron chi connectivity index (χ3n) is 6.19. The van der Waals surface area contributed by atoms with Crippen molar-refractivity contribution in [2.24, 2.45) is 0 Å². The van der Waals surface area contributed by atoms with Gasteiger partial charge in [-0.3, -0.25) is 9.78 Å². The smallest absolute Gasteiger partial charge is 0.272 e. The molecule has 2 aromatic heterocycles. The van der Waals surface area contributed by atoms with Crippen molar-refractivity contribution in [1.29, 1.82) is 0 Å². The second kappa shape index (κ2) is 9.67. The van der Waals surface area contributed by atoms with Gasteiger partial charge in [0.15, 0.2) is 11.5 Å². The fourth-order valence-corrected chi connectivity index (χ4v) is 5.73. The van der Waals surface area contributed by atoms with Crippen LogP contribution in [0.4, 0.5) is 10.2 Å². The molecule has 1 aliphatic heterocycles. The molecule has 3 aromatic rings. The molecule has 9 nitrogen and oxygen atoms in total. The van der Waals surface area contributed by atoms with E-state index in [1.54, 1.807) is 42.6 Å². The largest absolute Gasteiger partial charge is 0.352 e. The molecule has 1 aliphatic carbocycles. The van der Waals surface area contributed by atoms with E-state index in [0.717, 1.165) is 18.4 Å². The van der Waals surface area contributed by atoms with Crippen LogP contribution in [0.1, 0.15) is 40.5 Å². The lowest BCUT2D eigenvalue weighted by Gasteiger charge is -2.34. The predicted octanol–water partition coefficient (Wildman–Crippen LogP) is 2.33. The van der Waals surface area contributed by atoms with Crippen LogP contribution in [0.3, 0.4) is 0 Å². The summed E-state index contributed by atoms with van der Waals surface area (Å²) in [6.07, 6.45) is 3.61. The zero-order chi connectivity index (χ0) is 24.4. The van der Waals surface area contributed by atoms with Gasteiger partial charge in [-0.05, 0) is 54.8 Å². The minimum absolute atomic E-state index is 0.168. The van der Waals surface area contributed by atoms with Crippen LogP contribution in [0.5, 0.6) is 0 Å². The molecule has 35 heavy (non-hydrogen) atoms. The van der Waals surface area contributed by atoms with Gasteiger partial charge in [0, 0.05) is 44.8 Å². The number of pyridine rings is 1. The Morgan fingerprint density at radius 3 is 2.40 bits per heavy atom. The van der Waals surface area contributed by atoms with Crippen molar-refractivity contribution < 1.29 is 17.6 Å². The first-order chi connectivity index (χ1) is 16.9. The Balaban J connectivity index is 1.18. The van der Waals surface area contributed by atoms with E-state index in [1.807, 2.05) is 4.90 Å². The lowest BCUT2D eigenvalue weighted by atomic mass is 10.2. The van der Waals surface area contributed by atoms with Crippen LogP contribution in [0.15, 0.2) is 59.6 Å². The number of hydrogen-bond donors (Lipinski definition) is 1. The van der Waals surface area contributed by atoms with Crippen molar-refractivity contribution in [1.82, 2.24) is 24.8 Å². The summed E-state index contributed by atoms with van der Waals surface area (Å²) in [6.45, 7) is 1.82. The van der Waals surface area contributed by atoms with Crippen LogP contribution in [-0.2, 0) is 16.6 Å².